The number of rotatable bonds is 3. The number of nitrogens with zero attached hydrogens (tertiary/aromatic N) is 1. The van der Waals surface area contributed by atoms with E-state index < -0.39 is 0 Å². The van der Waals surface area contributed by atoms with Crippen LogP contribution in [0.2, 0.25) is 0 Å². The molecule has 1 aromatic rings. The second kappa shape index (κ2) is 4.47. The third-order valence-corrected chi connectivity index (χ3v) is 3.64. The molecule has 1 atom stereocenters. The topological polar surface area (TPSA) is 20.3 Å². The summed E-state index contributed by atoms with van der Waals surface area (Å²) in [5, 5.41) is 0. The van der Waals surface area contributed by atoms with Crippen molar-refractivity contribution in [2.24, 2.45) is 5.92 Å². The number of hydrogen-bond donors (Lipinski definition) is 0. The maximum atomic E-state index is 13.1. The summed E-state index contributed by atoms with van der Waals surface area (Å²) in [5.41, 5.74) is 1.09. The van der Waals surface area contributed by atoms with E-state index in [4.69, 9.17) is 0 Å². The Morgan fingerprint density at radius 1 is 1.47 bits per heavy atom. The number of carbonyl (C=O) groups is 1. The van der Waals surface area contributed by atoms with Crippen molar-refractivity contribution in [3.8, 4) is 0 Å². The average Bonchev–Trinajstić information content (AvgIpc) is 3.14. The van der Waals surface area contributed by atoms with Gasteiger partial charge in [0, 0.05) is 18.7 Å². The number of benzene rings is 1. The Labute approximate surface area is 101 Å². The first kappa shape index (κ1) is 12.1. The van der Waals surface area contributed by atoms with Crippen molar-refractivity contribution in [1.29, 1.82) is 0 Å². The van der Waals surface area contributed by atoms with Gasteiger partial charge in [0.05, 0.1) is 0 Å². The third kappa shape index (κ3) is 2.48. The van der Waals surface area contributed by atoms with Gasteiger partial charge in [-0.2, -0.15) is 0 Å². The van der Waals surface area contributed by atoms with Crippen LogP contribution in [0.15, 0.2) is 18.2 Å². The minimum atomic E-state index is -0.264. The van der Waals surface area contributed by atoms with Crippen LogP contribution in [0.25, 0.3) is 0 Å². The van der Waals surface area contributed by atoms with Crippen molar-refractivity contribution in [1.82, 2.24) is 4.90 Å². The van der Waals surface area contributed by atoms with E-state index in [-0.39, 0.29) is 17.8 Å². The van der Waals surface area contributed by atoms with Crippen LogP contribution in [-0.4, -0.2) is 23.9 Å². The molecule has 1 amide bonds. The zero-order valence-corrected chi connectivity index (χ0v) is 10.5. The molecule has 1 fully saturated rings. The predicted molar refractivity (Wildman–Crippen MR) is 65.4 cm³/mol. The van der Waals surface area contributed by atoms with Gasteiger partial charge in [-0.15, -0.1) is 0 Å². The second-order valence-corrected chi connectivity index (χ2v) is 4.96. The lowest BCUT2D eigenvalue weighted by Crippen LogP contribution is -2.36. The standard InChI is InChI=1S/C14H18FNO/c1-9-8-12(6-7-13(9)15)14(17)16(3)10(2)11-4-5-11/h6-8,10-11H,4-5H2,1-3H3. The summed E-state index contributed by atoms with van der Waals surface area (Å²) < 4.78 is 13.1. The first-order chi connectivity index (χ1) is 8.00. The second-order valence-electron chi connectivity index (χ2n) is 4.96. The highest BCUT2D eigenvalue weighted by Gasteiger charge is 2.32. The van der Waals surface area contributed by atoms with Gasteiger partial charge >= 0.3 is 0 Å². The highest BCUT2D eigenvalue weighted by molar-refractivity contribution is 5.94. The lowest BCUT2D eigenvalue weighted by atomic mass is 10.1. The van der Waals surface area contributed by atoms with E-state index in [0.29, 0.717) is 17.0 Å². The molecule has 92 valence electrons. The molecule has 0 bridgehead atoms. The largest absolute Gasteiger partial charge is 0.339 e. The van der Waals surface area contributed by atoms with E-state index in [0.717, 1.165) is 0 Å². The molecule has 2 rings (SSSR count). The monoisotopic (exact) mass is 235 g/mol. The zero-order valence-electron chi connectivity index (χ0n) is 10.5. The fraction of sp³-hybridized carbons (Fsp3) is 0.500. The molecule has 1 saturated carbocycles. The normalized spacial score (nSPS) is 16.7. The Kier molecular flexibility index (Phi) is 3.18. The van der Waals surface area contributed by atoms with Crippen molar-refractivity contribution in [3.05, 3.63) is 35.1 Å². The van der Waals surface area contributed by atoms with Crippen LogP contribution < -0.4 is 0 Å². The molecule has 1 aliphatic rings. The van der Waals surface area contributed by atoms with Gasteiger partial charge < -0.3 is 4.90 Å². The molecule has 0 spiro atoms. The van der Waals surface area contributed by atoms with Crippen LogP contribution in [-0.2, 0) is 0 Å². The molecule has 1 aliphatic carbocycles. The molecule has 0 radical (unpaired) electrons. The van der Waals surface area contributed by atoms with Crippen LogP contribution in [0.5, 0.6) is 0 Å². The molecule has 0 N–H and O–H groups in total. The van der Waals surface area contributed by atoms with Crippen molar-refractivity contribution in [2.45, 2.75) is 32.7 Å². The summed E-state index contributed by atoms with van der Waals surface area (Å²) in [5.74, 6) is 0.359. The molecular weight excluding hydrogens is 217 g/mol. The van der Waals surface area contributed by atoms with Crippen LogP contribution in [0.4, 0.5) is 4.39 Å². The smallest absolute Gasteiger partial charge is 0.253 e. The number of aryl methyl sites for hydroxylation is 1. The lowest BCUT2D eigenvalue weighted by Gasteiger charge is -2.25. The molecule has 0 heterocycles. The van der Waals surface area contributed by atoms with E-state index in [1.54, 1.807) is 24.0 Å². The Hall–Kier alpha value is -1.38. The molecule has 17 heavy (non-hydrogen) atoms. The number of amides is 1. The molecule has 0 aromatic heterocycles. The van der Waals surface area contributed by atoms with Gasteiger partial charge in [-0.1, -0.05) is 0 Å². The Balaban J connectivity index is 2.15. The summed E-state index contributed by atoms with van der Waals surface area (Å²) in [4.78, 5) is 14.0. The molecule has 2 nitrogen and oxygen atoms in total. The van der Waals surface area contributed by atoms with E-state index in [1.165, 1.54) is 18.9 Å². The Bertz CT molecular complexity index is 440. The minimum Gasteiger partial charge on any atom is -0.339 e. The van der Waals surface area contributed by atoms with Gasteiger partial charge in [-0.25, -0.2) is 4.39 Å². The summed E-state index contributed by atoms with van der Waals surface area (Å²) >= 11 is 0. The molecule has 1 unspecified atom stereocenters. The average molecular weight is 235 g/mol. The molecule has 0 saturated heterocycles. The highest BCUT2D eigenvalue weighted by atomic mass is 19.1. The van der Waals surface area contributed by atoms with Crippen LogP contribution >= 0.6 is 0 Å². The van der Waals surface area contributed by atoms with E-state index in [9.17, 15) is 9.18 Å². The van der Waals surface area contributed by atoms with Crippen molar-refractivity contribution in [3.63, 3.8) is 0 Å². The van der Waals surface area contributed by atoms with Gasteiger partial charge in [0.15, 0.2) is 0 Å². The summed E-state index contributed by atoms with van der Waals surface area (Å²) in [7, 11) is 1.82. The molecule has 0 aliphatic heterocycles. The quantitative estimate of drug-likeness (QED) is 0.788. The Morgan fingerprint density at radius 2 is 2.12 bits per heavy atom. The number of carbonyl (C=O) groups excluding carboxylic acids is 1. The van der Waals surface area contributed by atoms with Gasteiger partial charge in [0.1, 0.15) is 5.82 Å². The fourth-order valence-corrected chi connectivity index (χ4v) is 2.06. The maximum Gasteiger partial charge on any atom is 0.253 e. The molecular formula is C14H18FNO. The third-order valence-electron chi connectivity index (χ3n) is 3.64. The van der Waals surface area contributed by atoms with Gasteiger partial charge in [0.25, 0.3) is 5.91 Å². The van der Waals surface area contributed by atoms with Crippen LogP contribution in [0.3, 0.4) is 0 Å². The maximum absolute atomic E-state index is 13.1. The summed E-state index contributed by atoms with van der Waals surface area (Å²) in [6, 6.07) is 4.81. The number of hydrogen-bond acceptors (Lipinski definition) is 1. The van der Waals surface area contributed by atoms with Gasteiger partial charge in [-0.05, 0) is 56.4 Å². The Morgan fingerprint density at radius 3 is 2.65 bits per heavy atom. The zero-order chi connectivity index (χ0) is 12.6. The summed E-state index contributed by atoms with van der Waals surface area (Å²) in [6.45, 7) is 3.75. The first-order valence-electron chi connectivity index (χ1n) is 6.04. The van der Waals surface area contributed by atoms with Crippen LogP contribution in [0, 0.1) is 18.7 Å². The predicted octanol–water partition coefficient (Wildman–Crippen LogP) is 3.00. The lowest BCUT2D eigenvalue weighted by molar-refractivity contribution is 0.0727. The van der Waals surface area contributed by atoms with E-state index in [2.05, 4.69) is 6.92 Å². The minimum absolute atomic E-state index is 0.0208. The van der Waals surface area contributed by atoms with Gasteiger partial charge in [-0.3, -0.25) is 4.79 Å². The van der Waals surface area contributed by atoms with Crippen molar-refractivity contribution in [2.75, 3.05) is 7.05 Å². The molecule has 1 aromatic carbocycles. The van der Waals surface area contributed by atoms with Crippen molar-refractivity contribution < 1.29 is 9.18 Å². The van der Waals surface area contributed by atoms with Crippen molar-refractivity contribution >= 4 is 5.91 Å². The highest BCUT2D eigenvalue weighted by Crippen LogP contribution is 2.35. The summed E-state index contributed by atoms with van der Waals surface area (Å²) in [6.07, 6.45) is 2.42. The van der Waals surface area contributed by atoms with E-state index in [1.807, 2.05) is 7.05 Å². The SMILES string of the molecule is Cc1cc(C(=O)N(C)C(C)C2CC2)ccc1F. The van der Waals surface area contributed by atoms with Crippen LogP contribution in [0.1, 0.15) is 35.7 Å². The van der Waals surface area contributed by atoms with Gasteiger partial charge in [0.2, 0.25) is 0 Å². The first-order valence-corrected chi connectivity index (χ1v) is 6.04. The fourth-order valence-electron chi connectivity index (χ4n) is 2.06. The number of halogens is 1. The van der Waals surface area contributed by atoms with E-state index >= 15 is 0 Å². The molecule has 3 heteroatoms.